The number of thiophene rings is 1. The Labute approximate surface area is 170 Å². The van der Waals surface area contributed by atoms with Gasteiger partial charge >= 0.3 is 0 Å². The molecule has 0 spiro atoms. The maximum Gasteiger partial charge on any atom is 0.0355 e. The normalized spacial score (nSPS) is 15.5. The average molecular weight is 397 g/mol. The van der Waals surface area contributed by atoms with Crippen molar-refractivity contribution in [1.82, 2.24) is 0 Å². The van der Waals surface area contributed by atoms with E-state index in [0.29, 0.717) is 0 Å². The summed E-state index contributed by atoms with van der Waals surface area (Å²) in [6.45, 7) is 0. The predicted molar refractivity (Wildman–Crippen MR) is 126 cm³/mol. The molecule has 6 rings (SSSR count). The van der Waals surface area contributed by atoms with Crippen LogP contribution in [-0.2, 0) is 0 Å². The zero-order valence-corrected chi connectivity index (χ0v) is 17.5. The minimum Gasteiger partial charge on any atom is -0.192 e. The molecule has 0 saturated heterocycles. The van der Waals surface area contributed by atoms with Crippen LogP contribution in [0.4, 0.5) is 0 Å². The van der Waals surface area contributed by atoms with Gasteiger partial charge in [-0.1, -0.05) is 54.6 Å². The van der Waals surface area contributed by atoms with Gasteiger partial charge in [0.05, 0.1) is 0 Å². The molecule has 0 fully saturated rings. The SMILES string of the molecule is CS1(C)c2ccccc2-c2ccc(-c3ccc4sc5ccccc5c4c3)cc21. The van der Waals surface area contributed by atoms with Crippen molar-refractivity contribution < 1.29 is 0 Å². The molecular weight excluding hydrogens is 376 g/mol. The smallest absolute Gasteiger partial charge is 0.0355 e. The summed E-state index contributed by atoms with van der Waals surface area (Å²) in [7, 11) is -0.960. The molecule has 28 heavy (non-hydrogen) atoms. The maximum atomic E-state index is 2.44. The van der Waals surface area contributed by atoms with E-state index in [9.17, 15) is 0 Å². The van der Waals surface area contributed by atoms with Crippen molar-refractivity contribution in [2.24, 2.45) is 0 Å². The highest BCUT2D eigenvalue weighted by molar-refractivity contribution is 8.33. The molecule has 136 valence electrons. The lowest BCUT2D eigenvalue weighted by molar-refractivity contribution is 1.45. The molecule has 5 aromatic rings. The minimum absolute atomic E-state index is 0.960. The lowest BCUT2D eigenvalue weighted by Crippen LogP contribution is -1.92. The molecule has 0 bridgehead atoms. The summed E-state index contributed by atoms with van der Waals surface area (Å²) >= 11 is 1.88. The second-order valence-electron chi connectivity index (χ2n) is 7.84. The summed E-state index contributed by atoms with van der Waals surface area (Å²) in [5.74, 6) is 0. The summed E-state index contributed by atoms with van der Waals surface area (Å²) in [4.78, 5) is 3.03. The van der Waals surface area contributed by atoms with Crippen molar-refractivity contribution in [3.63, 3.8) is 0 Å². The second kappa shape index (κ2) is 5.73. The summed E-state index contributed by atoms with van der Waals surface area (Å²) in [6.07, 6.45) is 4.86. The molecule has 1 aliphatic rings. The first-order valence-electron chi connectivity index (χ1n) is 9.51. The first-order chi connectivity index (χ1) is 13.6. The molecule has 1 aromatic heterocycles. The monoisotopic (exact) mass is 396 g/mol. The van der Waals surface area contributed by atoms with E-state index in [1.165, 1.54) is 52.2 Å². The lowest BCUT2D eigenvalue weighted by Gasteiger charge is -2.28. The first kappa shape index (κ1) is 16.4. The fourth-order valence-electron chi connectivity index (χ4n) is 4.50. The van der Waals surface area contributed by atoms with Crippen molar-refractivity contribution in [2.45, 2.75) is 9.79 Å². The van der Waals surface area contributed by atoms with Crippen molar-refractivity contribution in [3.8, 4) is 22.3 Å². The number of rotatable bonds is 1. The minimum atomic E-state index is -0.960. The highest BCUT2D eigenvalue weighted by Crippen LogP contribution is 2.67. The topological polar surface area (TPSA) is 0 Å². The van der Waals surface area contributed by atoms with Gasteiger partial charge in [0.1, 0.15) is 0 Å². The Morgan fingerprint density at radius 2 is 1.25 bits per heavy atom. The molecule has 0 radical (unpaired) electrons. The van der Waals surface area contributed by atoms with Crippen LogP contribution in [0.15, 0.2) is 94.7 Å². The van der Waals surface area contributed by atoms with Crippen LogP contribution in [0.1, 0.15) is 0 Å². The van der Waals surface area contributed by atoms with Crippen molar-refractivity contribution in [2.75, 3.05) is 12.5 Å². The Morgan fingerprint density at radius 1 is 0.571 bits per heavy atom. The second-order valence-corrected chi connectivity index (χ2v) is 12.5. The van der Waals surface area contributed by atoms with E-state index < -0.39 is 10.0 Å². The summed E-state index contributed by atoms with van der Waals surface area (Å²) in [6, 6.07) is 31.7. The Hall–Kier alpha value is -2.55. The van der Waals surface area contributed by atoms with E-state index in [2.05, 4.69) is 97.4 Å². The van der Waals surface area contributed by atoms with Crippen LogP contribution in [0, 0.1) is 0 Å². The predicted octanol–water partition coefficient (Wildman–Crippen LogP) is 8.18. The molecule has 0 unspecified atom stereocenters. The van der Waals surface area contributed by atoms with Crippen molar-refractivity contribution in [3.05, 3.63) is 84.9 Å². The molecule has 0 saturated carbocycles. The molecule has 1 aliphatic heterocycles. The largest absolute Gasteiger partial charge is 0.192 e. The molecule has 0 N–H and O–H groups in total. The van der Waals surface area contributed by atoms with Crippen LogP contribution in [0.5, 0.6) is 0 Å². The first-order valence-corrected chi connectivity index (χ1v) is 12.8. The maximum absolute atomic E-state index is 2.44. The van der Waals surface area contributed by atoms with Gasteiger partial charge < -0.3 is 0 Å². The third-order valence-electron chi connectivity index (χ3n) is 5.97. The van der Waals surface area contributed by atoms with Crippen LogP contribution in [0.2, 0.25) is 0 Å². The Kier molecular flexibility index (Phi) is 3.36. The molecule has 0 atom stereocenters. The quantitative estimate of drug-likeness (QED) is 0.268. The number of hydrogen-bond donors (Lipinski definition) is 0. The van der Waals surface area contributed by atoms with Crippen LogP contribution >= 0.6 is 21.4 Å². The van der Waals surface area contributed by atoms with Crippen LogP contribution < -0.4 is 0 Å². The average Bonchev–Trinajstić information content (AvgIpc) is 3.21. The Balaban J connectivity index is 1.55. The standard InChI is InChI=1S/C26H20S2/c1-28(2)25-10-6-4-8-20(25)21-13-11-18(16-26(21)28)17-12-14-24-22(15-17)19-7-3-5-9-23(19)27-24/h3-16H,1-2H3. The van der Waals surface area contributed by atoms with Crippen LogP contribution in [-0.4, -0.2) is 12.5 Å². The highest BCUT2D eigenvalue weighted by atomic mass is 32.3. The fourth-order valence-corrected chi connectivity index (χ4v) is 8.12. The van der Waals surface area contributed by atoms with E-state index in [0.717, 1.165) is 0 Å². The number of fused-ring (bicyclic) bond motifs is 6. The van der Waals surface area contributed by atoms with Gasteiger partial charge in [-0.15, -0.1) is 11.3 Å². The van der Waals surface area contributed by atoms with E-state index in [-0.39, 0.29) is 0 Å². The number of benzene rings is 4. The van der Waals surface area contributed by atoms with E-state index in [4.69, 9.17) is 0 Å². The van der Waals surface area contributed by atoms with Gasteiger partial charge in [-0.25, -0.2) is 0 Å². The van der Waals surface area contributed by atoms with Gasteiger partial charge in [0.25, 0.3) is 0 Å². The van der Waals surface area contributed by atoms with Crippen molar-refractivity contribution in [1.29, 1.82) is 0 Å². The Morgan fingerprint density at radius 3 is 2.18 bits per heavy atom. The van der Waals surface area contributed by atoms with Crippen LogP contribution in [0.25, 0.3) is 42.4 Å². The van der Waals surface area contributed by atoms with Gasteiger partial charge in [-0.05, 0) is 65.1 Å². The summed E-state index contributed by atoms with van der Waals surface area (Å²) in [5, 5.41) is 2.73. The zero-order valence-electron chi connectivity index (χ0n) is 15.9. The highest BCUT2D eigenvalue weighted by Gasteiger charge is 2.31. The molecular formula is C26H20S2. The fraction of sp³-hybridized carbons (Fsp3) is 0.0769. The molecule has 0 amide bonds. The summed E-state index contributed by atoms with van der Waals surface area (Å²) < 4.78 is 2.73. The molecule has 2 heterocycles. The third-order valence-corrected chi connectivity index (χ3v) is 10.0. The zero-order chi connectivity index (χ0) is 18.9. The number of hydrogen-bond acceptors (Lipinski definition) is 1. The van der Waals surface area contributed by atoms with Gasteiger partial charge in [-0.2, -0.15) is 10.0 Å². The molecule has 4 aromatic carbocycles. The van der Waals surface area contributed by atoms with E-state index in [1.54, 1.807) is 0 Å². The molecule has 2 heteroatoms. The van der Waals surface area contributed by atoms with Gasteiger partial charge in [0.2, 0.25) is 0 Å². The van der Waals surface area contributed by atoms with Gasteiger partial charge in [-0.3, -0.25) is 0 Å². The molecule has 0 nitrogen and oxygen atoms in total. The van der Waals surface area contributed by atoms with Crippen molar-refractivity contribution >= 4 is 41.5 Å². The van der Waals surface area contributed by atoms with Gasteiger partial charge in [0.15, 0.2) is 0 Å². The van der Waals surface area contributed by atoms with Crippen LogP contribution in [0.3, 0.4) is 0 Å². The third kappa shape index (κ3) is 2.19. The molecule has 0 aliphatic carbocycles. The van der Waals surface area contributed by atoms with E-state index >= 15 is 0 Å². The lowest BCUT2D eigenvalue weighted by atomic mass is 9.99. The summed E-state index contributed by atoms with van der Waals surface area (Å²) in [5.41, 5.74) is 5.47. The van der Waals surface area contributed by atoms with Gasteiger partial charge in [0, 0.05) is 30.0 Å². The Bertz CT molecular complexity index is 1390. The van der Waals surface area contributed by atoms with E-state index in [1.807, 2.05) is 11.3 Å².